The summed E-state index contributed by atoms with van der Waals surface area (Å²) in [7, 11) is 0. The molecule has 3 rings (SSSR count). The van der Waals surface area contributed by atoms with Crippen LogP contribution in [0.5, 0.6) is 0 Å². The van der Waals surface area contributed by atoms with E-state index in [9.17, 15) is 14.0 Å². The zero-order valence-corrected chi connectivity index (χ0v) is 13.8. The lowest BCUT2D eigenvalue weighted by Gasteiger charge is -2.18. The van der Waals surface area contributed by atoms with Crippen molar-refractivity contribution in [2.45, 2.75) is 13.8 Å². The Morgan fingerprint density at radius 3 is 2.29 bits per heavy atom. The summed E-state index contributed by atoms with van der Waals surface area (Å²) in [5.41, 5.74) is 2.76. The monoisotopic (exact) mass is 344 g/mol. The van der Waals surface area contributed by atoms with Crippen LogP contribution in [0, 0.1) is 19.7 Å². The minimum absolute atomic E-state index is 0.0201. The molecular formula is C18H14ClFN2O2. The van der Waals surface area contributed by atoms with E-state index < -0.39 is 17.6 Å². The van der Waals surface area contributed by atoms with Crippen LogP contribution in [-0.4, -0.2) is 11.8 Å². The topological polar surface area (TPSA) is 49.4 Å². The number of carbonyl (C=O) groups is 2. The summed E-state index contributed by atoms with van der Waals surface area (Å²) < 4.78 is 13.0. The van der Waals surface area contributed by atoms with Crippen LogP contribution in [0.1, 0.15) is 11.1 Å². The lowest BCUT2D eigenvalue weighted by atomic mass is 10.1. The van der Waals surface area contributed by atoms with Crippen molar-refractivity contribution < 1.29 is 14.0 Å². The highest BCUT2D eigenvalue weighted by molar-refractivity contribution is 6.53. The largest absolute Gasteiger partial charge is 0.350 e. The molecule has 0 atom stereocenters. The van der Waals surface area contributed by atoms with Gasteiger partial charge in [-0.25, -0.2) is 9.29 Å². The molecule has 6 heteroatoms. The van der Waals surface area contributed by atoms with E-state index >= 15 is 0 Å². The predicted octanol–water partition coefficient (Wildman–Crippen LogP) is 3.88. The van der Waals surface area contributed by atoms with Crippen molar-refractivity contribution in [1.82, 2.24) is 0 Å². The van der Waals surface area contributed by atoms with Crippen LogP contribution >= 0.6 is 11.6 Å². The average molecular weight is 345 g/mol. The van der Waals surface area contributed by atoms with Gasteiger partial charge in [-0.05, 0) is 49.7 Å². The lowest BCUT2D eigenvalue weighted by Crippen LogP contribution is -2.32. The van der Waals surface area contributed by atoms with Crippen LogP contribution in [0.25, 0.3) is 0 Å². The third-order valence-corrected chi connectivity index (χ3v) is 4.08. The summed E-state index contributed by atoms with van der Waals surface area (Å²) in [5, 5.41) is 2.61. The Labute approximate surface area is 143 Å². The van der Waals surface area contributed by atoms with Crippen molar-refractivity contribution >= 4 is 34.8 Å². The van der Waals surface area contributed by atoms with Crippen LogP contribution in [-0.2, 0) is 9.59 Å². The molecule has 0 bridgehead atoms. The van der Waals surface area contributed by atoms with Crippen molar-refractivity contribution in [3.05, 3.63) is 70.1 Å². The number of aryl methyl sites for hydroxylation is 2. The average Bonchev–Trinajstić information content (AvgIpc) is 2.74. The van der Waals surface area contributed by atoms with E-state index in [0.717, 1.165) is 16.0 Å². The molecule has 2 aromatic carbocycles. The maximum atomic E-state index is 13.0. The Hall–Kier alpha value is -2.66. The van der Waals surface area contributed by atoms with Crippen LogP contribution < -0.4 is 10.2 Å². The maximum Gasteiger partial charge on any atom is 0.283 e. The molecule has 0 saturated carbocycles. The molecule has 0 saturated heterocycles. The molecule has 24 heavy (non-hydrogen) atoms. The molecule has 0 radical (unpaired) electrons. The fourth-order valence-corrected chi connectivity index (χ4v) is 2.78. The first-order chi connectivity index (χ1) is 11.4. The van der Waals surface area contributed by atoms with Gasteiger partial charge in [0.25, 0.3) is 11.8 Å². The minimum atomic E-state index is -0.585. The second kappa shape index (κ2) is 6.09. The minimum Gasteiger partial charge on any atom is -0.350 e. The predicted molar refractivity (Wildman–Crippen MR) is 91.3 cm³/mol. The second-order valence-corrected chi connectivity index (χ2v) is 5.93. The van der Waals surface area contributed by atoms with Crippen molar-refractivity contribution in [2.75, 3.05) is 10.2 Å². The van der Waals surface area contributed by atoms with Gasteiger partial charge in [-0.15, -0.1) is 0 Å². The number of imide groups is 1. The van der Waals surface area contributed by atoms with Gasteiger partial charge in [0, 0.05) is 5.69 Å². The van der Waals surface area contributed by atoms with Gasteiger partial charge in [-0.3, -0.25) is 9.59 Å². The fraction of sp³-hybridized carbons (Fsp3) is 0.111. The molecule has 1 heterocycles. The summed E-state index contributed by atoms with van der Waals surface area (Å²) in [5.74, 6) is -1.52. The third-order valence-electron chi connectivity index (χ3n) is 3.73. The molecule has 4 nitrogen and oxygen atoms in total. The summed E-state index contributed by atoms with van der Waals surface area (Å²) >= 11 is 6.06. The van der Waals surface area contributed by atoms with Gasteiger partial charge < -0.3 is 5.32 Å². The van der Waals surface area contributed by atoms with Crippen molar-refractivity contribution in [3.63, 3.8) is 0 Å². The van der Waals surface area contributed by atoms with E-state index in [1.54, 1.807) is 6.07 Å². The highest BCUT2D eigenvalue weighted by Crippen LogP contribution is 2.32. The number of nitrogens with one attached hydrogen (secondary N) is 1. The number of rotatable bonds is 3. The van der Waals surface area contributed by atoms with Crippen molar-refractivity contribution in [3.8, 4) is 0 Å². The lowest BCUT2D eigenvalue weighted by molar-refractivity contribution is -0.120. The molecule has 1 aliphatic rings. The van der Waals surface area contributed by atoms with Gasteiger partial charge in [0.15, 0.2) is 0 Å². The third kappa shape index (κ3) is 2.78. The van der Waals surface area contributed by atoms with E-state index in [1.165, 1.54) is 24.3 Å². The molecule has 0 aromatic heterocycles. The highest BCUT2D eigenvalue weighted by Gasteiger charge is 2.39. The number of nitrogens with zero attached hydrogens (tertiary/aromatic N) is 1. The van der Waals surface area contributed by atoms with Crippen LogP contribution in [0.4, 0.5) is 15.8 Å². The molecule has 2 aromatic rings. The molecule has 0 aliphatic carbocycles. The van der Waals surface area contributed by atoms with Gasteiger partial charge in [-0.1, -0.05) is 29.3 Å². The van der Waals surface area contributed by atoms with Gasteiger partial charge in [0.1, 0.15) is 16.5 Å². The van der Waals surface area contributed by atoms with Crippen LogP contribution in [0.15, 0.2) is 53.2 Å². The Bertz CT molecular complexity index is 875. The quantitative estimate of drug-likeness (QED) is 0.860. The van der Waals surface area contributed by atoms with Gasteiger partial charge in [-0.2, -0.15) is 0 Å². The summed E-state index contributed by atoms with van der Waals surface area (Å²) in [6, 6.07) is 10.8. The van der Waals surface area contributed by atoms with Crippen LogP contribution in [0.3, 0.4) is 0 Å². The van der Waals surface area contributed by atoms with Crippen molar-refractivity contribution in [2.24, 2.45) is 0 Å². The maximum absolute atomic E-state index is 13.0. The zero-order valence-electron chi connectivity index (χ0n) is 13.1. The van der Waals surface area contributed by atoms with E-state index in [4.69, 9.17) is 11.6 Å². The Morgan fingerprint density at radius 1 is 1.00 bits per heavy atom. The number of halogens is 2. The highest BCUT2D eigenvalue weighted by atomic mass is 35.5. The van der Waals surface area contributed by atoms with Crippen molar-refractivity contribution in [1.29, 1.82) is 0 Å². The number of anilines is 2. The molecule has 1 aliphatic heterocycles. The van der Waals surface area contributed by atoms with Gasteiger partial charge >= 0.3 is 0 Å². The molecular weight excluding hydrogens is 331 g/mol. The van der Waals surface area contributed by atoms with E-state index in [-0.39, 0.29) is 10.7 Å². The Kier molecular flexibility index (Phi) is 4.11. The molecule has 122 valence electrons. The molecule has 0 spiro atoms. The number of hydrogen-bond acceptors (Lipinski definition) is 3. The number of hydrogen-bond donors (Lipinski definition) is 1. The van der Waals surface area contributed by atoms with E-state index in [2.05, 4.69) is 5.32 Å². The SMILES string of the molecule is Cc1ccc(N2C(=O)C(Cl)=C(Nc3ccc(F)cc3)C2=O)c(C)c1. The smallest absolute Gasteiger partial charge is 0.283 e. The number of amides is 2. The standard InChI is InChI=1S/C18H14ClFN2O2/c1-10-3-8-14(11(2)9-10)22-17(23)15(19)16(18(22)24)21-13-6-4-12(20)5-7-13/h3-9,21H,1-2H3. The summed E-state index contributed by atoms with van der Waals surface area (Å²) in [4.78, 5) is 26.1. The van der Waals surface area contributed by atoms with Crippen LogP contribution in [0.2, 0.25) is 0 Å². The Morgan fingerprint density at radius 2 is 1.67 bits per heavy atom. The number of carbonyl (C=O) groups excluding carboxylic acids is 2. The zero-order chi connectivity index (χ0) is 17.4. The normalized spacial score (nSPS) is 14.6. The molecule has 2 amide bonds. The first-order valence-electron chi connectivity index (χ1n) is 7.27. The first kappa shape index (κ1) is 16.2. The van der Waals surface area contributed by atoms with Gasteiger partial charge in [0.2, 0.25) is 0 Å². The van der Waals surface area contributed by atoms with Gasteiger partial charge in [0.05, 0.1) is 5.69 Å². The fourth-order valence-electron chi connectivity index (χ4n) is 2.56. The molecule has 0 fully saturated rings. The summed E-state index contributed by atoms with van der Waals surface area (Å²) in [6.45, 7) is 3.75. The molecule has 1 N–H and O–H groups in total. The molecule has 0 unspecified atom stereocenters. The van der Waals surface area contributed by atoms with E-state index in [1.807, 2.05) is 26.0 Å². The van der Waals surface area contributed by atoms with E-state index in [0.29, 0.717) is 11.4 Å². The Balaban J connectivity index is 1.94. The second-order valence-electron chi connectivity index (χ2n) is 5.56. The first-order valence-corrected chi connectivity index (χ1v) is 7.64. The number of benzene rings is 2. The summed E-state index contributed by atoms with van der Waals surface area (Å²) in [6.07, 6.45) is 0.